The van der Waals surface area contributed by atoms with Gasteiger partial charge in [-0.05, 0) is 13.8 Å². The summed E-state index contributed by atoms with van der Waals surface area (Å²) in [5.74, 6) is 0. The fourth-order valence-electron chi connectivity index (χ4n) is 0.266. The van der Waals surface area contributed by atoms with Crippen molar-refractivity contribution in [1.29, 1.82) is 0 Å². The molecule has 8 nitrogen and oxygen atoms in total. The molecular formula is C3H8Ca2O8P2. The van der Waals surface area contributed by atoms with Gasteiger partial charge in [0.25, 0.3) is 7.82 Å². The Morgan fingerprint density at radius 3 is 1.27 bits per heavy atom. The molecule has 12 heteroatoms. The molecule has 0 aliphatic carbocycles. The van der Waals surface area contributed by atoms with Gasteiger partial charge in [0.2, 0.25) is 0 Å². The van der Waals surface area contributed by atoms with Gasteiger partial charge in [0.1, 0.15) is 0 Å². The van der Waals surface area contributed by atoms with Gasteiger partial charge in [0.05, 0.1) is 6.10 Å². The van der Waals surface area contributed by atoms with Crippen molar-refractivity contribution >= 4 is 91.1 Å². The van der Waals surface area contributed by atoms with Crippen LogP contribution in [0.5, 0.6) is 0 Å². The van der Waals surface area contributed by atoms with E-state index in [9.17, 15) is 9.46 Å². The normalized spacial score (nSPS) is 13.9. The Morgan fingerprint density at radius 1 is 1.07 bits per heavy atom. The van der Waals surface area contributed by atoms with Crippen LogP contribution in [-0.4, -0.2) is 86.5 Å². The van der Waals surface area contributed by atoms with Gasteiger partial charge in [-0.2, -0.15) is 7.82 Å². The van der Waals surface area contributed by atoms with E-state index >= 15 is 0 Å². The van der Waals surface area contributed by atoms with Crippen molar-refractivity contribution in [1.82, 2.24) is 0 Å². The molecule has 1 atom stereocenters. The first kappa shape index (κ1) is 26.3. The van der Waals surface area contributed by atoms with Crippen LogP contribution in [0.3, 0.4) is 0 Å². The van der Waals surface area contributed by atoms with Crippen LogP contribution in [0.25, 0.3) is 0 Å². The molecule has 0 saturated carbocycles. The molecule has 82 valence electrons. The van der Waals surface area contributed by atoms with Gasteiger partial charge in [0.15, 0.2) is 0 Å². The van der Waals surface area contributed by atoms with E-state index in [-0.39, 0.29) is 75.5 Å². The SMILES string of the molecule is CC(C)OP(=O)([O-])O.O=P([O-])([O-])[O-].[Ca+2].[Ca+2]. The summed E-state index contributed by atoms with van der Waals surface area (Å²) >= 11 is 0. The van der Waals surface area contributed by atoms with E-state index in [1.54, 1.807) is 0 Å². The largest absolute Gasteiger partial charge is 2.00 e. The van der Waals surface area contributed by atoms with Crippen LogP contribution in [0, 0.1) is 0 Å². The van der Waals surface area contributed by atoms with Crippen LogP contribution >= 0.6 is 15.6 Å². The molecule has 0 aliphatic rings. The topological polar surface area (TPSA) is 156 Å². The summed E-state index contributed by atoms with van der Waals surface area (Å²) in [6.07, 6.45) is -0.483. The summed E-state index contributed by atoms with van der Waals surface area (Å²) in [5, 5.41) is 0. The Balaban J connectivity index is -0.0000000770. The van der Waals surface area contributed by atoms with Gasteiger partial charge < -0.3 is 33.6 Å². The van der Waals surface area contributed by atoms with Crippen molar-refractivity contribution in [3.63, 3.8) is 0 Å². The molecule has 0 aromatic heterocycles. The van der Waals surface area contributed by atoms with Gasteiger partial charge in [0, 0.05) is 0 Å². The first-order valence-corrected chi connectivity index (χ1v) is 5.82. The zero-order valence-corrected chi connectivity index (χ0v) is 14.4. The molecule has 0 bridgehead atoms. The molecule has 0 rings (SSSR count). The van der Waals surface area contributed by atoms with E-state index in [4.69, 9.17) is 24.1 Å². The van der Waals surface area contributed by atoms with Crippen molar-refractivity contribution in [3.8, 4) is 0 Å². The van der Waals surface area contributed by atoms with Crippen molar-refractivity contribution < 1.29 is 38.1 Å². The van der Waals surface area contributed by atoms with Crippen molar-refractivity contribution in [2.24, 2.45) is 0 Å². The van der Waals surface area contributed by atoms with Crippen LogP contribution in [0.15, 0.2) is 0 Å². The molecule has 0 saturated heterocycles. The molecule has 0 spiro atoms. The second-order valence-electron chi connectivity index (χ2n) is 2.07. The third-order valence-electron chi connectivity index (χ3n) is 0.344. The van der Waals surface area contributed by atoms with Crippen LogP contribution in [0.1, 0.15) is 13.8 Å². The minimum atomic E-state index is -5.39. The van der Waals surface area contributed by atoms with Gasteiger partial charge in [-0.25, -0.2) is 0 Å². The zero-order chi connectivity index (χ0) is 11.3. The number of hydrogen-bond donors (Lipinski definition) is 1. The maximum atomic E-state index is 9.80. The third kappa shape index (κ3) is 60.7. The molecule has 0 fully saturated rings. The predicted octanol–water partition coefficient (Wildman–Crippen LogP) is -3.71. The maximum Gasteiger partial charge on any atom is 2.00 e. The van der Waals surface area contributed by atoms with Crippen molar-refractivity contribution in [2.45, 2.75) is 20.0 Å². The van der Waals surface area contributed by atoms with Crippen molar-refractivity contribution in [3.05, 3.63) is 0 Å². The summed E-state index contributed by atoms with van der Waals surface area (Å²) < 4.78 is 22.3. The second-order valence-corrected chi connectivity index (χ2v) is 4.11. The Kier molecular flexibility index (Phi) is 20.7. The van der Waals surface area contributed by atoms with Gasteiger partial charge >= 0.3 is 75.5 Å². The van der Waals surface area contributed by atoms with E-state index in [1.807, 2.05) is 0 Å². The molecule has 0 aromatic carbocycles. The Morgan fingerprint density at radius 2 is 1.27 bits per heavy atom. The maximum absolute atomic E-state index is 9.80. The van der Waals surface area contributed by atoms with Crippen molar-refractivity contribution in [2.75, 3.05) is 0 Å². The van der Waals surface area contributed by atoms with Gasteiger partial charge in [-0.1, -0.05) is 0 Å². The average Bonchev–Trinajstić information content (AvgIpc) is 1.47. The molecule has 0 amide bonds. The zero-order valence-electron chi connectivity index (χ0n) is 8.19. The Hall–Kier alpha value is 2.74. The fourth-order valence-corrected chi connectivity index (χ4v) is 0.799. The third-order valence-corrected chi connectivity index (χ3v) is 1.03. The second kappa shape index (κ2) is 11.8. The van der Waals surface area contributed by atoms with E-state index in [1.165, 1.54) is 13.8 Å². The first-order valence-electron chi connectivity index (χ1n) is 2.87. The van der Waals surface area contributed by atoms with Crippen LogP contribution < -0.4 is 19.6 Å². The quantitative estimate of drug-likeness (QED) is 0.403. The minimum absolute atomic E-state index is 0. The van der Waals surface area contributed by atoms with E-state index in [0.717, 1.165) is 0 Å². The molecule has 1 N–H and O–H groups in total. The minimum Gasteiger partial charge on any atom is -0.822 e. The molecule has 0 aliphatic heterocycles. The number of rotatable bonds is 2. The molecular weight excluding hydrogens is 306 g/mol. The number of phosphoric acid groups is 2. The first-order chi connectivity index (χ1) is 5.42. The van der Waals surface area contributed by atoms with Crippen LogP contribution in [-0.2, 0) is 13.7 Å². The average molecular weight is 314 g/mol. The molecule has 0 aromatic rings. The monoisotopic (exact) mass is 314 g/mol. The van der Waals surface area contributed by atoms with Crippen LogP contribution in [0.2, 0.25) is 0 Å². The van der Waals surface area contributed by atoms with Crippen LogP contribution in [0.4, 0.5) is 0 Å². The van der Waals surface area contributed by atoms with E-state index < -0.39 is 21.7 Å². The standard InChI is InChI=1S/C3H9O4P.2Ca.H3O4P/c1-3(2)7-8(4,5)6;;;1-5(2,3)4/h3H,1-2H3,(H2,4,5,6);;;(H3,1,2,3,4)/q;2*+2;/p-4. The molecule has 15 heavy (non-hydrogen) atoms. The summed E-state index contributed by atoms with van der Waals surface area (Å²) in [5.41, 5.74) is 0. The summed E-state index contributed by atoms with van der Waals surface area (Å²) in [4.78, 5) is 43.4. The molecule has 1 unspecified atom stereocenters. The summed E-state index contributed by atoms with van der Waals surface area (Å²) in [6, 6.07) is 0. The fraction of sp³-hybridized carbons (Fsp3) is 1.00. The summed E-state index contributed by atoms with van der Waals surface area (Å²) in [7, 11) is -9.86. The Labute approximate surface area is 147 Å². The summed E-state index contributed by atoms with van der Waals surface area (Å²) in [6.45, 7) is 3.03. The number of hydrogen-bond acceptors (Lipinski definition) is 7. The molecule has 0 heterocycles. The van der Waals surface area contributed by atoms with Gasteiger partial charge in [-0.15, -0.1) is 0 Å². The number of phosphoric ester groups is 1. The Bertz CT molecular complexity index is 212. The van der Waals surface area contributed by atoms with E-state index in [2.05, 4.69) is 4.52 Å². The van der Waals surface area contributed by atoms with E-state index in [0.29, 0.717) is 0 Å². The predicted molar refractivity (Wildman–Crippen MR) is 45.2 cm³/mol. The van der Waals surface area contributed by atoms with Gasteiger partial charge in [-0.3, -0.25) is 4.57 Å². The molecule has 0 radical (unpaired) electrons. The smallest absolute Gasteiger partial charge is 0.822 e.